The van der Waals surface area contributed by atoms with Crippen molar-refractivity contribution in [1.29, 1.82) is 0 Å². The third kappa shape index (κ3) is 4.83. The van der Waals surface area contributed by atoms with E-state index in [9.17, 15) is 9.18 Å². The summed E-state index contributed by atoms with van der Waals surface area (Å²) in [4.78, 5) is 22.4. The number of benzene rings is 1. The maximum absolute atomic E-state index is 13.1. The molecule has 0 aliphatic carbocycles. The maximum atomic E-state index is 13.1. The Hall–Kier alpha value is -2.32. The zero-order valence-electron chi connectivity index (χ0n) is 13.3. The predicted molar refractivity (Wildman–Crippen MR) is 96.8 cm³/mol. The molecule has 1 fully saturated rings. The van der Waals surface area contributed by atoms with E-state index in [0.717, 1.165) is 18.9 Å². The highest BCUT2D eigenvalue weighted by atomic mass is 79.9. The molecule has 0 atom stereocenters. The number of carbonyl (C=O) groups is 1. The second kappa shape index (κ2) is 8.17. The highest BCUT2D eigenvalue weighted by Crippen LogP contribution is 2.19. The third-order valence-corrected chi connectivity index (χ3v) is 4.30. The minimum absolute atomic E-state index is 0.331. The minimum atomic E-state index is -0.342. The van der Waals surface area contributed by atoms with Gasteiger partial charge in [0.15, 0.2) is 0 Å². The highest BCUT2D eigenvalue weighted by Gasteiger charge is 2.13. The topological polar surface area (TPSA) is 67.4 Å². The molecule has 1 aliphatic rings. The smallest absolute Gasteiger partial charge is 0.249 e. The molecule has 3 rings (SSSR count). The van der Waals surface area contributed by atoms with Crippen LogP contribution in [0.5, 0.6) is 0 Å². The van der Waals surface area contributed by atoms with Crippen LogP contribution in [-0.2, 0) is 9.53 Å². The molecule has 0 bridgehead atoms. The Balaban J connectivity index is 1.65. The lowest BCUT2D eigenvalue weighted by molar-refractivity contribution is -0.111. The summed E-state index contributed by atoms with van der Waals surface area (Å²) < 4.78 is 19.0. The zero-order valence-corrected chi connectivity index (χ0v) is 14.9. The van der Waals surface area contributed by atoms with Crippen molar-refractivity contribution in [1.82, 2.24) is 9.97 Å². The molecule has 1 saturated heterocycles. The fourth-order valence-electron chi connectivity index (χ4n) is 2.35. The van der Waals surface area contributed by atoms with Gasteiger partial charge in [-0.3, -0.25) is 4.79 Å². The van der Waals surface area contributed by atoms with E-state index < -0.39 is 0 Å². The van der Waals surface area contributed by atoms with Crippen molar-refractivity contribution >= 4 is 39.5 Å². The number of nitrogens with zero attached hydrogens (tertiary/aromatic N) is 3. The summed E-state index contributed by atoms with van der Waals surface area (Å²) in [5.41, 5.74) is 0.702. The van der Waals surface area contributed by atoms with Crippen LogP contribution >= 0.6 is 15.9 Å². The second-order valence-electron chi connectivity index (χ2n) is 5.35. The van der Waals surface area contributed by atoms with Crippen LogP contribution in [0.3, 0.4) is 0 Å². The summed E-state index contributed by atoms with van der Waals surface area (Å²) in [5, 5.41) is 2.70. The summed E-state index contributed by atoms with van der Waals surface area (Å²) in [7, 11) is 0. The van der Waals surface area contributed by atoms with Crippen molar-refractivity contribution in [3.63, 3.8) is 0 Å². The van der Waals surface area contributed by atoms with E-state index in [4.69, 9.17) is 4.74 Å². The lowest BCUT2D eigenvalue weighted by Gasteiger charge is -2.27. The molecular formula is C17H16BrFN4O2. The van der Waals surface area contributed by atoms with Crippen molar-refractivity contribution in [2.45, 2.75) is 0 Å². The van der Waals surface area contributed by atoms with E-state index in [-0.39, 0.29) is 11.7 Å². The first-order valence-electron chi connectivity index (χ1n) is 7.71. The number of anilines is 2. The molecule has 1 aromatic carbocycles. The predicted octanol–water partition coefficient (Wildman–Crippen LogP) is 2.87. The van der Waals surface area contributed by atoms with Crippen molar-refractivity contribution in [3.05, 3.63) is 52.5 Å². The van der Waals surface area contributed by atoms with E-state index in [1.165, 1.54) is 24.5 Å². The van der Waals surface area contributed by atoms with Crippen LogP contribution in [0.1, 0.15) is 5.56 Å². The first-order chi connectivity index (χ1) is 12.1. The Morgan fingerprint density at radius 2 is 2.08 bits per heavy atom. The van der Waals surface area contributed by atoms with Gasteiger partial charge in [0, 0.05) is 29.7 Å². The summed E-state index contributed by atoms with van der Waals surface area (Å²) in [6.45, 7) is 2.81. The first-order valence-corrected chi connectivity index (χ1v) is 8.50. The van der Waals surface area contributed by atoms with Gasteiger partial charge in [-0.05, 0) is 23.8 Å². The fourth-order valence-corrected chi connectivity index (χ4v) is 2.83. The lowest BCUT2D eigenvalue weighted by Crippen LogP contribution is -2.36. The van der Waals surface area contributed by atoms with Crippen LogP contribution in [0.4, 0.5) is 16.0 Å². The number of hydrogen-bond donors (Lipinski definition) is 1. The lowest BCUT2D eigenvalue weighted by atomic mass is 10.2. The Bertz CT molecular complexity index is 794. The number of halogens is 2. The highest BCUT2D eigenvalue weighted by molar-refractivity contribution is 9.10. The van der Waals surface area contributed by atoms with Crippen molar-refractivity contribution in [2.24, 2.45) is 0 Å². The van der Waals surface area contributed by atoms with E-state index in [1.807, 2.05) is 0 Å². The minimum Gasteiger partial charge on any atom is -0.378 e. The maximum Gasteiger partial charge on any atom is 0.249 e. The SMILES string of the molecule is O=C(/C=C/c1ccc(F)cc1Br)Nc1cc(N2CCOCC2)ncn1. The van der Waals surface area contributed by atoms with E-state index in [1.54, 1.807) is 18.2 Å². The number of rotatable bonds is 4. The van der Waals surface area contributed by atoms with Gasteiger partial charge in [0.1, 0.15) is 23.8 Å². The molecule has 0 spiro atoms. The molecule has 0 unspecified atom stereocenters. The largest absolute Gasteiger partial charge is 0.378 e. The Morgan fingerprint density at radius 1 is 1.28 bits per heavy atom. The Labute approximate surface area is 152 Å². The van der Waals surface area contributed by atoms with Crippen LogP contribution in [0.25, 0.3) is 6.08 Å². The molecule has 1 aromatic heterocycles. The van der Waals surface area contributed by atoms with Gasteiger partial charge in [0.25, 0.3) is 0 Å². The van der Waals surface area contributed by atoms with Gasteiger partial charge in [-0.15, -0.1) is 0 Å². The van der Waals surface area contributed by atoms with Crippen molar-refractivity contribution in [2.75, 3.05) is 36.5 Å². The van der Waals surface area contributed by atoms with Gasteiger partial charge in [-0.25, -0.2) is 14.4 Å². The molecule has 130 valence electrons. The van der Waals surface area contributed by atoms with Crippen molar-refractivity contribution in [3.8, 4) is 0 Å². The number of aromatic nitrogens is 2. The number of hydrogen-bond acceptors (Lipinski definition) is 5. The molecule has 6 nitrogen and oxygen atoms in total. The first kappa shape index (κ1) is 17.5. The summed E-state index contributed by atoms with van der Waals surface area (Å²) in [5.74, 6) is 0.496. The molecule has 2 heterocycles. The van der Waals surface area contributed by atoms with Crippen LogP contribution in [0.2, 0.25) is 0 Å². The van der Waals surface area contributed by atoms with Crippen LogP contribution < -0.4 is 10.2 Å². The fraction of sp³-hybridized carbons (Fsp3) is 0.235. The average molecular weight is 407 g/mol. The summed E-state index contributed by atoms with van der Waals surface area (Å²) in [6.07, 6.45) is 4.39. The quantitative estimate of drug-likeness (QED) is 0.790. The molecule has 1 amide bonds. The Morgan fingerprint density at radius 3 is 2.84 bits per heavy atom. The monoisotopic (exact) mass is 406 g/mol. The number of morpholine rings is 1. The van der Waals surface area contributed by atoms with Gasteiger partial charge < -0.3 is 15.0 Å². The number of amides is 1. The normalized spacial score (nSPS) is 14.7. The standard InChI is InChI=1S/C17H16BrFN4O2/c18-14-9-13(19)3-1-12(14)2-4-17(24)22-15-10-16(21-11-20-15)23-5-7-25-8-6-23/h1-4,9-11H,5-8H2,(H,20,21,22,24)/b4-2+. The van der Waals surface area contributed by atoms with Gasteiger partial charge in [-0.2, -0.15) is 0 Å². The van der Waals surface area contributed by atoms with Gasteiger partial charge >= 0.3 is 0 Å². The molecule has 8 heteroatoms. The van der Waals surface area contributed by atoms with Crippen molar-refractivity contribution < 1.29 is 13.9 Å². The molecular weight excluding hydrogens is 391 g/mol. The molecule has 0 radical (unpaired) electrons. The number of carbonyl (C=O) groups excluding carboxylic acids is 1. The van der Waals surface area contributed by atoms with Gasteiger partial charge in [0.05, 0.1) is 13.2 Å². The summed E-state index contributed by atoms with van der Waals surface area (Å²) in [6, 6.07) is 5.99. The van der Waals surface area contributed by atoms with Gasteiger partial charge in [0.2, 0.25) is 5.91 Å². The zero-order chi connectivity index (χ0) is 17.6. The second-order valence-corrected chi connectivity index (χ2v) is 6.20. The van der Waals surface area contributed by atoms with Crippen LogP contribution in [0, 0.1) is 5.82 Å². The van der Waals surface area contributed by atoms with E-state index in [0.29, 0.717) is 29.1 Å². The molecule has 2 aromatic rings. The van der Waals surface area contributed by atoms with Crippen LogP contribution in [-0.4, -0.2) is 42.2 Å². The summed E-state index contributed by atoms with van der Waals surface area (Å²) >= 11 is 3.26. The van der Waals surface area contributed by atoms with E-state index in [2.05, 4.69) is 36.1 Å². The van der Waals surface area contributed by atoms with E-state index >= 15 is 0 Å². The molecule has 0 saturated carbocycles. The number of nitrogens with one attached hydrogen (secondary N) is 1. The average Bonchev–Trinajstić information content (AvgIpc) is 2.62. The Kier molecular flexibility index (Phi) is 5.72. The van der Waals surface area contributed by atoms with Gasteiger partial charge in [-0.1, -0.05) is 22.0 Å². The number of ether oxygens (including phenoxy) is 1. The molecule has 1 N–H and O–H groups in total. The molecule has 1 aliphatic heterocycles. The third-order valence-electron chi connectivity index (χ3n) is 3.62. The van der Waals surface area contributed by atoms with Crippen LogP contribution in [0.15, 0.2) is 41.1 Å². The molecule has 25 heavy (non-hydrogen) atoms.